The van der Waals surface area contributed by atoms with E-state index in [9.17, 15) is 4.79 Å². The minimum absolute atomic E-state index is 0.214. The second kappa shape index (κ2) is 7.07. The number of carboxylic acid groups (broad SMARTS) is 1. The molecule has 1 aromatic rings. The number of benzene rings is 1. The predicted octanol–water partition coefficient (Wildman–Crippen LogP) is 2.20. The molecule has 0 heterocycles. The van der Waals surface area contributed by atoms with Crippen LogP contribution in [0.25, 0.3) is 0 Å². The Hall–Kier alpha value is -1.35. The van der Waals surface area contributed by atoms with Gasteiger partial charge in [0.2, 0.25) is 0 Å². The van der Waals surface area contributed by atoms with Gasteiger partial charge in [-0.25, -0.2) is 0 Å². The molecule has 3 nitrogen and oxygen atoms in total. The average Bonchev–Trinajstić information content (AvgIpc) is 2.34. The summed E-state index contributed by atoms with van der Waals surface area (Å²) in [5.41, 5.74) is 2.66. The monoisotopic (exact) mass is 235 g/mol. The van der Waals surface area contributed by atoms with E-state index < -0.39 is 5.97 Å². The molecule has 0 saturated carbocycles. The van der Waals surface area contributed by atoms with E-state index in [4.69, 9.17) is 5.11 Å². The summed E-state index contributed by atoms with van der Waals surface area (Å²) >= 11 is 0. The van der Waals surface area contributed by atoms with E-state index in [2.05, 4.69) is 36.1 Å². The summed E-state index contributed by atoms with van der Waals surface area (Å²) in [4.78, 5) is 12.5. The molecule has 0 fully saturated rings. The Kier molecular flexibility index (Phi) is 5.70. The normalized spacial score (nSPS) is 10.8. The first-order valence-corrected chi connectivity index (χ1v) is 6.10. The Morgan fingerprint density at radius 1 is 1.18 bits per heavy atom. The number of rotatable bonds is 7. The molecule has 0 radical (unpaired) electrons. The molecule has 0 aliphatic heterocycles. The SMILES string of the molecule is CCc1ccc(CCN(C)CCC(=O)O)cc1. The fourth-order valence-corrected chi connectivity index (χ4v) is 1.66. The Bertz CT molecular complexity index is 346. The quantitative estimate of drug-likeness (QED) is 0.787. The molecule has 0 aromatic heterocycles. The van der Waals surface area contributed by atoms with Gasteiger partial charge in [0.25, 0.3) is 0 Å². The van der Waals surface area contributed by atoms with Crippen molar-refractivity contribution in [3.05, 3.63) is 35.4 Å². The first kappa shape index (κ1) is 13.7. The van der Waals surface area contributed by atoms with Crippen molar-refractivity contribution in [2.24, 2.45) is 0 Å². The van der Waals surface area contributed by atoms with E-state index in [1.54, 1.807) is 0 Å². The van der Waals surface area contributed by atoms with Crippen molar-refractivity contribution < 1.29 is 9.90 Å². The lowest BCUT2D eigenvalue weighted by Gasteiger charge is -2.15. The van der Waals surface area contributed by atoms with Gasteiger partial charge in [-0.3, -0.25) is 4.79 Å². The van der Waals surface area contributed by atoms with Gasteiger partial charge in [-0.1, -0.05) is 31.2 Å². The van der Waals surface area contributed by atoms with Gasteiger partial charge in [-0.2, -0.15) is 0 Å². The number of aryl methyl sites for hydroxylation is 1. The summed E-state index contributed by atoms with van der Waals surface area (Å²) in [6.45, 7) is 3.66. The van der Waals surface area contributed by atoms with Crippen molar-refractivity contribution >= 4 is 5.97 Å². The van der Waals surface area contributed by atoms with Crippen molar-refractivity contribution in [1.82, 2.24) is 4.90 Å². The Labute approximate surface area is 103 Å². The minimum atomic E-state index is -0.732. The highest BCUT2D eigenvalue weighted by Gasteiger charge is 2.02. The van der Waals surface area contributed by atoms with E-state index in [1.807, 2.05) is 7.05 Å². The van der Waals surface area contributed by atoms with E-state index in [0.717, 1.165) is 19.4 Å². The molecule has 1 rings (SSSR count). The number of aliphatic carboxylic acids is 1. The van der Waals surface area contributed by atoms with Crippen LogP contribution in [-0.4, -0.2) is 36.1 Å². The second-order valence-electron chi connectivity index (χ2n) is 4.37. The van der Waals surface area contributed by atoms with Crippen molar-refractivity contribution in [3.8, 4) is 0 Å². The summed E-state index contributed by atoms with van der Waals surface area (Å²) in [5.74, 6) is -0.732. The maximum Gasteiger partial charge on any atom is 0.304 e. The third kappa shape index (κ3) is 5.50. The predicted molar refractivity (Wildman–Crippen MR) is 69.3 cm³/mol. The van der Waals surface area contributed by atoms with Crippen LogP contribution in [0.15, 0.2) is 24.3 Å². The molecule has 1 N–H and O–H groups in total. The molecular weight excluding hydrogens is 214 g/mol. The van der Waals surface area contributed by atoms with Gasteiger partial charge in [0.05, 0.1) is 6.42 Å². The van der Waals surface area contributed by atoms with Crippen LogP contribution < -0.4 is 0 Å². The molecule has 3 heteroatoms. The Morgan fingerprint density at radius 2 is 1.76 bits per heavy atom. The largest absolute Gasteiger partial charge is 0.481 e. The Balaban J connectivity index is 2.31. The maximum atomic E-state index is 10.4. The number of likely N-dealkylation sites (N-methyl/N-ethyl adjacent to an activating group) is 1. The topological polar surface area (TPSA) is 40.5 Å². The van der Waals surface area contributed by atoms with Crippen LogP contribution >= 0.6 is 0 Å². The molecule has 0 spiro atoms. The summed E-state index contributed by atoms with van der Waals surface area (Å²) in [6, 6.07) is 8.63. The van der Waals surface area contributed by atoms with Gasteiger partial charge in [0.1, 0.15) is 0 Å². The van der Waals surface area contributed by atoms with E-state index in [1.165, 1.54) is 11.1 Å². The zero-order valence-corrected chi connectivity index (χ0v) is 10.6. The standard InChI is InChI=1S/C14H21NO2/c1-3-12-4-6-13(7-5-12)8-10-15(2)11-9-14(16)17/h4-7H,3,8-11H2,1-2H3,(H,16,17). The summed E-state index contributed by atoms with van der Waals surface area (Å²) in [6.07, 6.45) is 2.25. The molecule has 0 atom stereocenters. The number of hydrogen-bond acceptors (Lipinski definition) is 2. The van der Waals surface area contributed by atoms with Crippen LogP contribution in [0.1, 0.15) is 24.5 Å². The third-order valence-corrected chi connectivity index (χ3v) is 2.92. The van der Waals surface area contributed by atoms with Crippen molar-refractivity contribution in [3.63, 3.8) is 0 Å². The van der Waals surface area contributed by atoms with Gasteiger partial charge in [0.15, 0.2) is 0 Å². The lowest BCUT2D eigenvalue weighted by atomic mass is 10.1. The lowest BCUT2D eigenvalue weighted by molar-refractivity contribution is -0.137. The molecule has 0 saturated heterocycles. The highest BCUT2D eigenvalue weighted by Crippen LogP contribution is 2.06. The van der Waals surface area contributed by atoms with E-state index >= 15 is 0 Å². The van der Waals surface area contributed by atoms with E-state index in [-0.39, 0.29) is 6.42 Å². The van der Waals surface area contributed by atoms with Crippen molar-refractivity contribution in [2.45, 2.75) is 26.2 Å². The summed E-state index contributed by atoms with van der Waals surface area (Å²) < 4.78 is 0. The third-order valence-electron chi connectivity index (χ3n) is 2.92. The molecule has 94 valence electrons. The van der Waals surface area contributed by atoms with Crippen molar-refractivity contribution in [2.75, 3.05) is 20.1 Å². The van der Waals surface area contributed by atoms with Gasteiger partial charge in [-0.05, 0) is 31.0 Å². The zero-order valence-electron chi connectivity index (χ0n) is 10.6. The van der Waals surface area contributed by atoms with E-state index in [0.29, 0.717) is 6.54 Å². The number of hydrogen-bond donors (Lipinski definition) is 1. The highest BCUT2D eigenvalue weighted by molar-refractivity contribution is 5.66. The van der Waals surface area contributed by atoms with Gasteiger partial charge in [0, 0.05) is 13.1 Å². The van der Waals surface area contributed by atoms with Crippen LogP contribution in [-0.2, 0) is 17.6 Å². The molecule has 1 aromatic carbocycles. The fourth-order valence-electron chi connectivity index (χ4n) is 1.66. The Morgan fingerprint density at radius 3 is 2.29 bits per heavy atom. The van der Waals surface area contributed by atoms with Gasteiger partial charge >= 0.3 is 5.97 Å². The van der Waals surface area contributed by atoms with Crippen molar-refractivity contribution in [1.29, 1.82) is 0 Å². The fraction of sp³-hybridized carbons (Fsp3) is 0.500. The number of carbonyl (C=O) groups is 1. The van der Waals surface area contributed by atoms with Gasteiger partial charge in [-0.15, -0.1) is 0 Å². The van der Waals surface area contributed by atoms with Gasteiger partial charge < -0.3 is 10.0 Å². The van der Waals surface area contributed by atoms with Crippen LogP contribution in [0.3, 0.4) is 0 Å². The number of carboxylic acids is 1. The first-order valence-electron chi connectivity index (χ1n) is 6.10. The molecule has 0 unspecified atom stereocenters. The average molecular weight is 235 g/mol. The second-order valence-corrected chi connectivity index (χ2v) is 4.37. The van der Waals surface area contributed by atoms with Crippen LogP contribution in [0, 0.1) is 0 Å². The van der Waals surface area contributed by atoms with Crippen LogP contribution in [0.5, 0.6) is 0 Å². The molecule has 0 bridgehead atoms. The highest BCUT2D eigenvalue weighted by atomic mass is 16.4. The first-order chi connectivity index (χ1) is 8.11. The maximum absolute atomic E-state index is 10.4. The minimum Gasteiger partial charge on any atom is -0.481 e. The molecule has 0 amide bonds. The molecule has 17 heavy (non-hydrogen) atoms. The molecular formula is C14H21NO2. The number of nitrogens with zero attached hydrogens (tertiary/aromatic N) is 1. The van der Waals surface area contributed by atoms with Crippen LogP contribution in [0.4, 0.5) is 0 Å². The molecule has 0 aliphatic rings. The lowest BCUT2D eigenvalue weighted by Crippen LogP contribution is -2.24. The molecule has 0 aliphatic carbocycles. The summed E-state index contributed by atoms with van der Waals surface area (Å²) in [5, 5.41) is 8.58. The smallest absolute Gasteiger partial charge is 0.304 e. The van der Waals surface area contributed by atoms with Crippen LogP contribution in [0.2, 0.25) is 0 Å². The summed E-state index contributed by atoms with van der Waals surface area (Å²) in [7, 11) is 1.96. The zero-order chi connectivity index (χ0) is 12.7.